The Labute approximate surface area is 126 Å². The molecular weight excluding hydrogens is 284 g/mol. The van der Waals surface area contributed by atoms with Crippen molar-refractivity contribution < 1.29 is 9.52 Å². The summed E-state index contributed by atoms with van der Waals surface area (Å²) in [4.78, 5) is 8.31. The zero-order valence-corrected chi connectivity index (χ0v) is 11.8. The van der Waals surface area contributed by atoms with E-state index < -0.39 is 0 Å². The maximum absolute atomic E-state index is 9.22. The largest absolute Gasteiger partial charge is 0.467 e. The number of aromatic nitrogens is 4. The van der Waals surface area contributed by atoms with Gasteiger partial charge in [-0.3, -0.25) is 0 Å². The molecule has 0 saturated carbocycles. The van der Waals surface area contributed by atoms with E-state index in [4.69, 9.17) is 10.2 Å². The summed E-state index contributed by atoms with van der Waals surface area (Å²) in [5, 5.41) is 16.5. The highest BCUT2D eigenvalue weighted by Crippen LogP contribution is 2.23. The predicted molar refractivity (Wildman–Crippen MR) is 80.3 cm³/mol. The van der Waals surface area contributed by atoms with Crippen LogP contribution in [0.5, 0.6) is 0 Å². The molecule has 0 bridgehead atoms. The van der Waals surface area contributed by atoms with Gasteiger partial charge in [0.1, 0.15) is 11.6 Å². The summed E-state index contributed by atoms with van der Waals surface area (Å²) in [6.45, 7) is 0.0188. The molecule has 1 unspecified atom stereocenters. The number of hydrogen-bond donors (Lipinski definition) is 3. The number of furan rings is 1. The van der Waals surface area contributed by atoms with Gasteiger partial charge in [-0.15, -0.1) is 0 Å². The Morgan fingerprint density at radius 1 is 1.36 bits per heavy atom. The lowest BCUT2D eigenvalue weighted by Crippen LogP contribution is -2.14. The van der Waals surface area contributed by atoms with Crippen molar-refractivity contribution in [1.82, 2.24) is 19.7 Å². The summed E-state index contributed by atoms with van der Waals surface area (Å²) < 4.78 is 6.98. The van der Waals surface area contributed by atoms with E-state index in [9.17, 15) is 5.11 Å². The molecule has 0 fully saturated rings. The molecular formula is C14H16N6O2. The maximum atomic E-state index is 9.22. The molecule has 3 aromatic heterocycles. The summed E-state index contributed by atoms with van der Waals surface area (Å²) >= 11 is 0. The number of nitrogens with two attached hydrogens (primary N) is 1. The molecule has 0 amide bonds. The van der Waals surface area contributed by atoms with E-state index in [0.717, 1.165) is 0 Å². The van der Waals surface area contributed by atoms with Crippen LogP contribution in [-0.4, -0.2) is 31.5 Å². The smallest absolute Gasteiger partial charge is 0.224 e. The molecule has 3 aromatic rings. The average molecular weight is 300 g/mol. The van der Waals surface area contributed by atoms with Gasteiger partial charge in [0.2, 0.25) is 5.95 Å². The van der Waals surface area contributed by atoms with Gasteiger partial charge < -0.3 is 20.6 Å². The molecule has 0 aliphatic rings. The molecule has 22 heavy (non-hydrogen) atoms. The molecule has 1 atom stereocenters. The van der Waals surface area contributed by atoms with Crippen LogP contribution in [0.2, 0.25) is 0 Å². The van der Waals surface area contributed by atoms with Crippen molar-refractivity contribution >= 4 is 11.8 Å². The van der Waals surface area contributed by atoms with Crippen LogP contribution in [-0.2, 0) is 0 Å². The molecule has 0 radical (unpaired) electrons. The summed E-state index contributed by atoms with van der Waals surface area (Å²) in [6, 6.07) is 6.95. The van der Waals surface area contributed by atoms with Crippen molar-refractivity contribution in [3.8, 4) is 5.82 Å². The first kappa shape index (κ1) is 14.1. The fraction of sp³-hybridized carbons (Fsp3) is 0.214. The third-order valence-corrected chi connectivity index (χ3v) is 3.10. The van der Waals surface area contributed by atoms with Crippen molar-refractivity contribution in [2.75, 3.05) is 17.7 Å². The van der Waals surface area contributed by atoms with Gasteiger partial charge in [-0.05, 0) is 24.6 Å². The topological polar surface area (TPSA) is 115 Å². The standard InChI is InChI=1S/C14H16N6O2/c15-14-18-12(9-13(19-14)20-6-2-5-16-20)17-10(4-7-21)11-3-1-8-22-11/h1-3,5-6,8-10,21H,4,7H2,(H3,15,17,18,19). The normalized spacial score (nSPS) is 12.2. The number of nitrogens with zero attached hydrogens (tertiary/aromatic N) is 4. The molecule has 0 spiro atoms. The van der Waals surface area contributed by atoms with E-state index in [1.165, 1.54) is 0 Å². The van der Waals surface area contributed by atoms with Gasteiger partial charge in [0, 0.05) is 25.1 Å². The second-order valence-electron chi connectivity index (χ2n) is 4.64. The Hall–Kier alpha value is -2.87. The van der Waals surface area contributed by atoms with Gasteiger partial charge in [0.15, 0.2) is 5.82 Å². The van der Waals surface area contributed by atoms with Crippen molar-refractivity contribution in [2.45, 2.75) is 12.5 Å². The van der Waals surface area contributed by atoms with Gasteiger partial charge in [-0.25, -0.2) is 4.68 Å². The Morgan fingerprint density at radius 3 is 2.95 bits per heavy atom. The summed E-state index contributed by atoms with van der Waals surface area (Å²) in [6.07, 6.45) is 5.49. The molecule has 0 aromatic carbocycles. The van der Waals surface area contributed by atoms with Gasteiger partial charge in [-0.2, -0.15) is 15.1 Å². The molecule has 4 N–H and O–H groups in total. The molecule has 8 nitrogen and oxygen atoms in total. The Morgan fingerprint density at radius 2 is 2.27 bits per heavy atom. The number of rotatable bonds is 6. The number of hydrogen-bond acceptors (Lipinski definition) is 7. The highest BCUT2D eigenvalue weighted by atomic mass is 16.3. The second-order valence-corrected chi connectivity index (χ2v) is 4.64. The number of nitrogens with one attached hydrogen (secondary N) is 1. The minimum absolute atomic E-state index is 0.0188. The minimum Gasteiger partial charge on any atom is -0.467 e. The second kappa shape index (κ2) is 6.27. The van der Waals surface area contributed by atoms with E-state index in [-0.39, 0.29) is 18.6 Å². The molecule has 114 valence electrons. The van der Waals surface area contributed by atoms with Crippen LogP contribution in [0, 0.1) is 0 Å². The first-order valence-electron chi connectivity index (χ1n) is 6.81. The molecule has 3 rings (SSSR count). The van der Waals surface area contributed by atoms with Crippen LogP contribution < -0.4 is 11.1 Å². The predicted octanol–water partition coefficient (Wildman–Crippen LogP) is 1.37. The van der Waals surface area contributed by atoms with Crippen molar-refractivity contribution in [2.24, 2.45) is 0 Å². The summed E-state index contributed by atoms with van der Waals surface area (Å²) in [7, 11) is 0. The first-order chi connectivity index (χ1) is 10.8. The monoisotopic (exact) mass is 300 g/mol. The number of aliphatic hydroxyl groups is 1. The fourth-order valence-electron chi connectivity index (χ4n) is 2.13. The third kappa shape index (κ3) is 3.07. The van der Waals surface area contributed by atoms with Crippen LogP contribution in [0.4, 0.5) is 11.8 Å². The number of aliphatic hydroxyl groups excluding tert-OH is 1. The Kier molecular flexibility index (Phi) is 4.01. The van der Waals surface area contributed by atoms with Crippen molar-refractivity contribution in [3.05, 3.63) is 48.7 Å². The highest BCUT2D eigenvalue weighted by Gasteiger charge is 2.15. The number of anilines is 2. The lowest BCUT2D eigenvalue weighted by molar-refractivity contribution is 0.273. The van der Waals surface area contributed by atoms with Gasteiger partial charge >= 0.3 is 0 Å². The van der Waals surface area contributed by atoms with E-state index in [1.807, 2.05) is 6.07 Å². The average Bonchev–Trinajstić information content (AvgIpc) is 3.20. The van der Waals surface area contributed by atoms with Gasteiger partial charge in [-0.1, -0.05) is 0 Å². The summed E-state index contributed by atoms with van der Waals surface area (Å²) in [5.41, 5.74) is 5.76. The van der Waals surface area contributed by atoms with Crippen LogP contribution in [0.15, 0.2) is 47.3 Å². The van der Waals surface area contributed by atoms with E-state index in [2.05, 4.69) is 20.4 Å². The quantitative estimate of drug-likeness (QED) is 0.629. The third-order valence-electron chi connectivity index (χ3n) is 3.10. The van der Waals surface area contributed by atoms with Gasteiger partial charge in [0.05, 0.1) is 12.3 Å². The first-order valence-corrected chi connectivity index (χ1v) is 6.81. The lowest BCUT2D eigenvalue weighted by Gasteiger charge is -2.16. The zero-order chi connectivity index (χ0) is 15.4. The van der Waals surface area contributed by atoms with E-state index >= 15 is 0 Å². The maximum Gasteiger partial charge on any atom is 0.224 e. The van der Waals surface area contributed by atoms with Crippen LogP contribution >= 0.6 is 0 Å². The zero-order valence-electron chi connectivity index (χ0n) is 11.8. The van der Waals surface area contributed by atoms with Crippen molar-refractivity contribution in [1.29, 1.82) is 0 Å². The van der Waals surface area contributed by atoms with E-state index in [1.54, 1.807) is 41.5 Å². The lowest BCUT2D eigenvalue weighted by atomic mass is 10.1. The van der Waals surface area contributed by atoms with Crippen LogP contribution in [0.25, 0.3) is 5.82 Å². The van der Waals surface area contributed by atoms with Gasteiger partial charge in [0.25, 0.3) is 0 Å². The van der Waals surface area contributed by atoms with Crippen LogP contribution in [0.3, 0.4) is 0 Å². The highest BCUT2D eigenvalue weighted by molar-refractivity contribution is 5.46. The minimum atomic E-state index is -0.209. The fourth-order valence-corrected chi connectivity index (χ4v) is 2.13. The summed E-state index contributed by atoms with van der Waals surface area (Å²) in [5.74, 6) is 1.94. The molecule has 0 aliphatic heterocycles. The molecule has 0 aliphatic carbocycles. The SMILES string of the molecule is Nc1nc(NC(CCO)c2ccco2)cc(-n2cccn2)n1. The Balaban J connectivity index is 1.87. The Bertz CT molecular complexity index is 711. The molecule has 8 heteroatoms. The number of nitrogen functional groups attached to an aromatic ring is 1. The van der Waals surface area contributed by atoms with E-state index in [0.29, 0.717) is 23.8 Å². The van der Waals surface area contributed by atoms with Crippen molar-refractivity contribution in [3.63, 3.8) is 0 Å². The van der Waals surface area contributed by atoms with Crippen LogP contribution in [0.1, 0.15) is 18.2 Å². The molecule has 3 heterocycles. The molecule has 0 saturated heterocycles.